The molecule has 5 aromatic heterocycles. The summed E-state index contributed by atoms with van der Waals surface area (Å²) in [6.45, 7) is 0.156. The fourth-order valence-electron chi connectivity index (χ4n) is 2.94. The van der Waals surface area contributed by atoms with E-state index in [4.69, 9.17) is 4.42 Å². The van der Waals surface area contributed by atoms with Crippen molar-refractivity contribution in [3.63, 3.8) is 0 Å². The molecule has 2 N–H and O–H groups in total. The highest BCUT2D eigenvalue weighted by Gasteiger charge is 2.17. The van der Waals surface area contributed by atoms with E-state index in [0.717, 1.165) is 0 Å². The third-order valence-corrected chi connectivity index (χ3v) is 4.25. The molecule has 0 aliphatic rings. The minimum absolute atomic E-state index is 0.156. The van der Waals surface area contributed by atoms with Crippen molar-refractivity contribution in [2.45, 2.75) is 6.54 Å². The average molecular weight is 377 g/mol. The Morgan fingerprint density at radius 1 is 1.29 bits per heavy atom. The van der Waals surface area contributed by atoms with Crippen molar-refractivity contribution >= 4 is 22.6 Å². The maximum absolute atomic E-state index is 13.4. The lowest BCUT2D eigenvalue weighted by Gasteiger charge is -2.02. The molecule has 0 unspecified atom stereocenters. The maximum Gasteiger partial charge on any atom is 0.255 e. The number of carbonyl (C=O) groups is 1. The van der Waals surface area contributed by atoms with Gasteiger partial charge in [-0.05, 0) is 12.1 Å². The summed E-state index contributed by atoms with van der Waals surface area (Å²) >= 11 is 0. The van der Waals surface area contributed by atoms with Crippen molar-refractivity contribution in [1.82, 2.24) is 34.6 Å². The van der Waals surface area contributed by atoms with E-state index in [9.17, 15) is 9.18 Å². The Bertz CT molecular complexity index is 1310. The first-order valence-corrected chi connectivity index (χ1v) is 8.32. The van der Waals surface area contributed by atoms with Crippen LogP contribution in [0.2, 0.25) is 0 Å². The van der Waals surface area contributed by atoms with Gasteiger partial charge in [0.1, 0.15) is 35.3 Å². The van der Waals surface area contributed by atoms with Gasteiger partial charge in [-0.2, -0.15) is 0 Å². The van der Waals surface area contributed by atoms with E-state index in [1.807, 2.05) is 0 Å². The van der Waals surface area contributed by atoms with Gasteiger partial charge in [0.05, 0.1) is 30.0 Å². The van der Waals surface area contributed by atoms with Crippen molar-refractivity contribution < 1.29 is 13.6 Å². The zero-order valence-electron chi connectivity index (χ0n) is 14.3. The highest BCUT2D eigenvalue weighted by molar-refractivity contribution is 6.04. The standard InChI is InChI=1S/C18H12FN7O2/c19-10-1-2-13-16(24-9-26(13)8-10)12-6-22-17-15(25-12)11(5-21-17)18(27)23-7-14-20-3-4-28-14/h1-6,8-9H,7H2,(H,21,22)(H,23,27). The van der Waals surface area contributed by atoms with Crippen molar-refractivity contribution in [2.75, 3.05) is 0 Å². The average Bonchev–Trinajstić information content (AvgIpc) is 3.44. The largest absolute Gasteiger partial charge is 0.447 e. The second kappa shape index (κ2) is 6.27. The Hall–Kier alpha value is -4.08. The molecular formula is C18H12FN7O2. The first kappa shape index (κ1) is 16.1. The Balaban J connectivity index is 1.51. The predicted molar refractivity (Wildman–Crippen MR) is 95.7 cm³/mol. The first-order chi connectivity index (χ1) is 13.7. The number of nitrogens with one attached hydrogen (secondary N) is 2. The molecule has 1 amide bonds. The lowest BCUT2D eigenvalue weighted by atomic mass is 10.2. The normalized spacial score (nSPS) is 11.3. The number of amides is 1. The van der Waals surface area contributed by atoms with Crippen LogP contribution in [-0.2, 0) is 6.54 Å². The Morgan fingerprint density at radius 3 is 3.07 bits per heavy atom. The number of nitrogens with zero attached hydrogens (tertiary/aromatic N) is 5. The number of fused-ring (bicyclic) bond motifs is 2. The van der Waals surface area contributed by atoms with Gasteiger partial charge in [0.25, 0.3) is 5.91 Å². The van der Waals surface area contributed by atoms with E-state index in [1.165, 1.54) is 31.1 Å². The second-order valence-corrected chi connectivity index (χ2v) is 6.00. The Kier molecular flexibility index (Phi) is 3.61. The number of hydrogen-bond acceptors (Lipinski definition) is 6. The van der Waals surface area contributed by atoms with Crippen LogP contribution in [-0.4, -0.2) is 35.2 Å². The van der Waals surface area contributed by atoms with Crippen molar-refractivity contribution in [3.8, 4) is 11.4 Å². The number of pyridine rings is 1. The number of hydrogen-bond donors (Lipinski definition) is 2. The van der Waals surface area contributed by atoms with E-state index >= 15 is 0 Å². The number of rotatable bonds is 4. The minimum Gasteiger partial charge on any atom is -0.447 e. The smallest absolute Gasteiger partial charge is 0.255 e. The zero-order valence-corrected chi connectivity index (χ0v) is 14.3. The van der Waals surface area contributed by atoms with Crippen LogP contribution in [0, 0.1) is 5.82 Å². The van der Waals surface area contributed by atoms with Gasteiger partial charge in [0, 0.05) is 12.4 Å². The van der Waals surface area contributed by atoms with E-state index in [0.29, 0.717) is 39.5 Å². The number of aromatic amines is 1. The SMILES string of the molecule is O=C(NCc1ncco1)c1c[nH]c2ncc(-c3ncn4cc(F)ccc34)nc12. The zero-order chi connectivity index (χ0) is 19.1. The lowest BCUT2D eigenvalue weighted by Crippen LogP contribution is -2.22. The third-order valence-electron chi connectivity index (χ3n) is 4.25. The molecule has 0 spiro atoms. The van der Waals surface area contributed by atoms with Crippen LogP contribution in [0.25, 0.3) is 28.1 Å². The molecule has 10 heteroatoms. The predicted octanol–water partition coefficient (Wildman–Crippen LogP) is 2.33. The number of carbonyl (C=O) groups excluding carboxylic acids is 1. The first-order valence-electron chi connectivity index (χ1n) is 8.32. The number of aromatic nitrogens is 6. The molecule has 0 saturated carbocycles. The van der Waals surface area contributed by atoms with Gasteiger partial charge in [-0.25, -0.2) is 24.3 Å². The summed E-state index contributed by atoms with van der Waals surface area (Å²) in [5, 5.41) is 2.73. The summed E-state index contributed by atoms with van der Waals surface area (Å²) in [7, 11) is 0. The van der Waals surface area contributed by atoms with Crippen LogP contribution in [0.4, 0.5) is 4.39 Å². The molecule has 9 nitrogen and oxygen atoms in total. The van der Waals surface area contributed by atoms with E-state index in [-0.39, 0.29) is 18.3 Å². The molecule has 0 aromatic carbocycles. The van der Waals surface area contributed by atoms with Crippen LogP contribution in [0.5, 0.6) is 0 Å². The van der Waals surface area contributed by atoms with Crippen molar-refractivity contribution in [3.05, 3.63) is 66.8 Å². The minimum atomic E-state index is -0.367. The van der Waals surface area contributed by atoms with Gasteiger partial charge < -0.3 is 19.1 Å². The summed E-state index contributed by atoms with van der Waals surface area (Å²) in [6, 6.07) is 2.97. The lowest BCUT2D eigenvalue weighted by molar-refractivity contribution is 0.0949. The van der Waals surface area contributed by atoms with Gasteiger partial charge in [-0.15, -0.1) is 0 Å². The summed E-state index contributed by atoms with van der Waals surface area (Å²) < 4.78 is 20.1. The fourth-order valence-corrected chi connectivity index (χ4v) is 2.94. The summed E-state index contributed by atoms with van der Waals surface area (Å²) in [6.07, 6.45) is 8.87. The molecule has 0 fully saturated rings. The number of imidazole rings is 1. The van der Waals surface area contributed by atoms with Crippen LogP contribution in [0.15, 0.2) is 53.9 Å². The number of halogens is 1. The number of oxazole rings is 1. The molecule has 5 aromatic rings. The molecule has 5 heterocycles. The summed E-state index contributed by atoms with van der Waals surface area (Å²) in [5.41, 5.74) is 2.92. The van der Waals surface area contributed by atoms with Gasteiger partial charge in [0.2, 0.25) is 5.89 Å². The van der Waals surface area contributed by atoms with Crippen LogP contribution in [0.1, 0.15) is 16.2 Å². The maximum atomic E-state index is 13.4. The summed E-state index contributed by atoms with van der Waals surface area (Å²) in [5.74, 6) is -0.307. The molecule has 0 saturated heterocycles. The van der Waals surface area contributed by atoms with E-state index in [2.05, 4.69) is 30.2 Å². The third kappa shape index (κ3) is 2.67. The molecule has 5 rings (SSSR count). The van der Waals surface area contributed by atoms with E-state index < -0.39 is 0 Å². The molecule has 0 bridgehead atoms. The van der Waals surface area contributed by atoms with Crippen LogP contribution in [0.3, 0.4) is 0 Å². The second-order valence-electron chi connectivity index (χ2n) is 6.00. The Morgan fingerprint density at radius 2 is 2.21 bits per heavy atom. The quantitative estimate of drug-likeness (QED) is 0.497. The molecular weight excluding hydrogens is 365 g/mol. The van der Waals surface area contributed by atoms with Crippen LogP contribution >= 0.6 is 0 Å². The summed E-state index contributed by atoms with van der Waals surface area (Å²) in [4.78, 5) is 32.6. The highest BCUT2D eigenvalue weighted by atomic mass is 19.1. The monoisotopic (exact) mass is 377 g/mol. The van der Waals surface area contributed by atoms with Gasteiger partial charge >= 0.3 is 0 Å². The van der Waals surface area contributed by atoms with E-state index in [1.54, 1.807) is 22.9 Å². The van der Waals surface area contributed by atoms with Gasteiger partial charge in [0.15, 0.2) is 5.65 Å². The van der Waals surface area contributed by atoms with Gasteiger partial charge in [-0.1, -0.05) is 0 Å². The molecule has 138 valence electrons. The molecule has 28 heavy (non-hydrogen) atoms. The number of H-pyrrole nitrogens is 1. The highest BCUT2D eigenvalue weighted by Crippen LogP contribution is 2.24. The van der Waals surface area contributed by atoms with Crippen LogP contribution < -0.4 is 5.32 Å². The molecule has 0 aliphatic carbocycles. The van der Waals surface area contributed by atoms with Crippen molar-refractivity contribution in [2.24, 2.45) is 0 Å². The van der Waals surface area contributed by atoms with Crippen molar-refractivity contribution in [1.29, 1.82) is 0 Å². The topological polar surface area (TPSA) is 114 Å². The Labute approximate surface area is 156 Å². The fraction of sp³-hybridized carbons (Fsp3) is 0.0556. The molecule has 0 aliphatic heterocycles. The molecule has 0 radical (unpaired) electrons. The van der Waals surface area contributed by atoms with Gasteiger partial charge in [-0.3, -0.25) is 4.79 Å². The molecule has 0 atom stereocenters.